The van der Waals surface area contributed by atoms with Crippen LogP contribution in [0.15, 0.2) is 6.07 Å². The minimum atomic E-state index is -1.35. The number of hydrogen-bond acceptors (Lipinski definition) is 3. The zero-order chi connectivity index (χ0) is 12.3. The van der Waals surface area contributed by atoms with Crippen LogP contribution in [0.25, 0.3) is 0 Å². The van der Waals surface area contributed by atoms with Gasteiger partial charge in [-0.05, 0) is 6.92 Å². The molecule has 0 aromatic carbocycles. The molecule has 16 heavy (non-hydrogen) atoms. The van der Waals surface area contributed by atoms with Gasteiger partial charge in [-0.2, -0.15) is 14.6 Å². The summed E-state index contributed by atoms with van der Waals surface area (Å²) in [4.78, 5) is 4.47. The topological polar surface area (TPSA) is 39.9 Å². The molecule has 1 heterocycles. The van der Waals surface area contributed by atoms with E-state index in [0.29, 0.717) is 6.07 Å². The highest BCUT2D eigenvalue weighted by Crippen LogP contribution is 2.20. The van der Waals surface area contributed by atoms with E-state index in [1.54, 1.807) is 6.92 Å². The van der Waals surface area contributed by atoms with Crippen LogP contribution in [0.3, 0.4) is 0 Å². The molecule has 0 aliphatic rings. The normalized spacial score (nSPS) is 12.0. The average Bonchev–Trinajstić information content (AvgIpc) is 2.23. The molecule has 0 spiro atoms. The Bertz CT molecular complexity index is 428. The minimum absolute atomic E-state index is 0.136. The third-order valence-corrected chi connectivity index (χ3v) is 2.25. The molecule has 0 fully saturated rings. The lowest BCUT2D eigenvalue weighted by molar-refractivity contribution is 0.461. The van der Waals surface area contributed by atoms with Crippen LogP contribution in [0.5, 0.6) is 0 Å². The van der Waals surface area contributed by atoms with Crippen molar-refractivity contribution < 1.29 is 13.2 Å². The van der Waals surface area contributed by atoms with Crippen LogP contribution >= 0.6 is 0 Å². The Labute approximate surface area is 91.1 Å². The van der Waals surface area contributed by atoms with Crippen LogP contribution in [0.1, 0.15) is 13.3 Å². The molecule has 1 aromatic heterocycles. The fourth-order valence-corrected chi connectivity index (χ4v) is 1.16. The fraction of sp³-hybridized carbons (Fsp3) is 0.400. The van der Waals surface area contributed by atoms with Gasteiger partial charge in [0, 0.05) is 19.2 Å². The minimum Gasteiger partial charge on any atom is -0.353 e. The Kier molecular flexibility index (Phi) is 3.72. The van der Waals surface area contributed by atoms with Crippen molar-refractivity contribution >= 4 is 5.82 Å². The Morgan fingerprint density at radius 2 is 2.06 bits per heavy atom. The summed E-state index contributed by atoms with van der Waals surface area (Å²) in [6, 6.07) is 2.01. The molecule has 1 unspecified atom stereocenters. The summed E-state index contributed by atoms with van der Waals surface area (Å²) in [7, 11) is 1.46. The Morgan fingerprint density at radius 3 is 2.62 bits per heavy atom. The predicted octanol–water partition coefficient (Wildman–Crippen LogP) is 2.24. The Balaban J connectivity index is 3.04. The summed E-state index contributed by atoms with van der Waals surface area (Å²) in [5.74, 6) is -3.94. The highest BCUT2D eigenvalue weighted by molar-refractivity contribution is 5.40. The van der Waals surface area contributed by atoms with Crippen molar-refractivity contribution in [1.82, 2.24) is 4.98 Å². The van der Waals surface area contributed by atoms with Crippen molar-refractivity contribution in [3.63, 3.8) is 0 Å². The number of nitrogens with zero attached hydrogens (tertiary/aromatic N) is 3. The van der Waals surface area contributed by atoms with Crippen molar-refractivity contribution in [2.75, 3.05) is 11.9 Å². The van der Waals surface area contributed by atoms with Crippen LogP contribution in [0.2, 0.25) is 0 Å². The lowest BCUT2D eigenvalue weighted by Gasteiger charge is -2.24. The molecule has 1 atom stereocenters. The molecule has 0 aliphatic heterocycles. The van der Waals surface area contributed by atoms with Crippen molar-refractivity contribution in [1.29, 1.82) is 5.26 Å². The molecule has 0 saturated heterocycles. The largest absolute Gasteiger partial charge is 0.353 e. The Morgan fingerprint density at radius 1 is 1.44 bits per heavy atom. The van der Waals surface area contributed by atoms with E-state index < -0.39 is 17.6 Å². The summed E-state index contributed by atoms with van der Waals surface area (Å²) in [6.45, 7) is 1.66. The maximum absolute atomic E-state index is 13.3. The number of anilines is 1. The van der Waals surface area contributed by atoms with Gasteiger partial charge in [0.15, 0.2) is 17.5 Å². The van der Waals surface area contributed by atoms with Crippen LogP contribution < -0.4 is 4.90 Å². The SMILES string of the molecule is CC(CC#N)N(C)c1nc(F)c(F)cc1F. The first-order valence-electron chi connectivity index (χ1n) is 4.58. The molecule has 0 saturated carbocycles. The molecular formula is C10H10F3N3. The number of pyridine rings is 1. The standard InChI is InChI=1S/C10H10F3N3/c1-6(3-4-14)16(2)10-8(12)5-7(11)9(13)15-10/h5-6H,3H2,1-2H3. The van der Waals surface area contributed by atoms with E-state index in [2.05, 4.69) is 4.98 Å². The van der Waals surface area contributed by atoms with Crippen molar-refractivity contribution in [3.05, 3.63) is 23.6 Å². The molecule has 0 amide bonds. The van der Waals surface area contributed by atoms with Gasteiger partial charge in [-0.15, -0.1) is 0 Å². The maximum Gasteiger partial charge on any atom is 0.251 e. The lowest BCUT2D eigenvalue weighted by Crippen LogP contribution is -2.30. The number of hydrogen-bond donors (Lipinski definition) is 0. The summed E-state index contributed by atoms with van der Waals surface area (Å²) < 4.78 is 38.7. The van der Waals surface area contributed by atoms with Gasteiger partial charge in [0.2, 0.25) is 0 Å². The van der Waals surface area contributed by atoms with Gasteiger partial charge in [0.1, 0.15) is 0 Å². The molecule has 0 aliphatic carbocycles. The number of rotatable bonds is 3. The van der Waals surface area contributed by atoms with Gasteiger partial charge >= 0.3 is 0 Å². The maximum atomic E-state index is 13.3. The number of aromatic nitrogens is 1. The van der Waals surface area contributed by atoms with Crippen molar-refractivity contribution in [2.45, 2.75) is 19.4 Å². The fourth-order valence-electron chi connectivity index (χ4n) is 1.16. The molecule has 0 bridgehead atoms. The van der Waals surface area contributed by atoms with E-state index in [0.717, 1.165) is 0 Å². The van der Waals surface area contributed by atoms with Gasteiger partial charge in [-0.3, -0.25) is 0 Å². The van der Waals surface area contributed by atoms with Crippen LogP contribution in [-0.4, -0.2) is 18.1 Å². The van der Waals surface area contributed by atoms with Gasteiger partial charge in [-0.1, -0.05) is 0 Å². The van der Waals surface area contributed by atoms with Crippen molar-refractivity contribution in [3.8, 4) is 6.07 Å². The van der Waals surface area contributed by atoms with Crippen LogP contribution in [0.4, 0.5) is 19.0 Å². The molecule has 0 N–H and O–H groups in total. The summed E-state index contributed by atoms with van der Waals surface area (Å²) in [5, 5.41) is 8.48. The number of halogens is 3. The Hall–Kier alpha value is -1.77. The van der Waals surface area contributed by atoms with E-state index in [4.69, 9.17) is 5.26 Å². The highest BCUT2D eigenvalue weighted by atomic mass is 19.2. The zero-order valence-corrected chi connectivity index (χ0v) is 8.84. The number of nitriles is 1. The second-order valence-corrected chi connectivity index (χ2v) is 3.39. The summed E-state index contributed by atoms with van der Waals surface area (Å²) in [6.07, 6.45) is 0.136. The second kappa shape index (κ2) is 4.84. The van der Waals surface area contributed by atoms with Crippen LogP contribution in [0, 0.1) is 28.9 Å². The van der Waals surface area contributed by atoms with E-state index in [9.17, 15) is 13.2 Å². The van der Waals surface area contributed by atoms with Crippen molar-refractivity contribution in [2.24, 2.45) is 0 Å². The average molecular weight is 229 g/mol. The third kappa shape index (κ3) is 2.42. The lowest BCUT2D eigenvalue weighted by atomic mass is 10.2. The predicted molar refractivity (Wildman–Crippen MR) is 52.2 cm³/mol. The molecular weight excluding hydrogens is 219 g/mol. The van der Waals surface area contributed by atoms with E-state index in [-0.39, 0.29) is 18.3 Å². The molecule has 3 nitrogen and oxygen atoms in total. The molecule has 1 aromatic rings. The smallest absolute Gasteiger partial charge is 0.251 e. The quantitative estimate of drug-likeness (QED) is 0.746. The van der Waals surface area contributed by atoms with Crippen LogP contribution in [-0.2, 0) is 0 Å². The van der Waals surface area contributed by atoms with E-state index >= 15 is 0 Å². The molecule has 6 heteroatoms. The zero-order valence-electron chi connectivity index (χ0n) is 8.84. The van der Waals surface area contributed by atoms with Gasteiger partial charge in [0.25, 0.3) is 5.95 Å². The summed E-state index contributed by atoms with van der Waals surface area (Å²) in [5.41, 5.74) is 0. The molecule has 0 radical (unpaired) electrons. The molecule has 86 valence electrons. The first-order chi connectivity index (χ1) is 7.47. The first kappa shape index (κ1) is 12.3. The third-order valence-electron chi connectivity index (χ3n) is 2.25. The first-order valence-corrected chi connectivity index (χ1v) is 4.58. The second-order valence-electron chi connectivity index (χ2n) is 3.39. The van der Waals surface area contributed by atoms with E-state index in [1.165, 1.54) is 11.9 Å². The molecule has 1 rings (SSSR count). The van der Waals surface area contributed by atoms with Gasteiger partial charge in [0.05, 0.1) is 12.5 Å². The van der Waals surface area contributed by atoms with Gasteiger partial charge < -0.3 is 4.90 Å². The summed E-state index contributed by atoms with van der Waals surface area (Å²) >= 11 is 0. The highest BCUT2D eigenvalue weighted by Gasteiger charge is 2.18. The van der Waals surface area contributed by atoms with E-state index in [1.807, 2.05) is 6.07 Å². The van der Waals surface area contributed by atoms with Gasteiger partial charge in [-0.25, -0.2) is 8.78 Å². The monoisotopic (exact) mass is 229 g/mol.